The third-order valence-corrected chi connectivity index (χ3v) is 3.61. The summed E-state index contributed by atoms with van der Waals surface area (Å²) in [4.78, 5) is 4.37. The van der Waals surface area contributed by atoms with Gasteiger partial charge in [0.2, 0.25) is 0 Å². The van der Waals surface area contributed by atoms with Gasteiger partial charge in [-0.3, -0.25) is 0 Å². The van der Waals surface area contributed by atoms with Crippen LogP contribution in [-0.2, 0) is 13.0 Å². The highest BCUT2D eigenvalue weighted by Gasteiger charge is 2.13. The first kappa shape index (κ1) is 14.2. The van der Waals surface area contributed by atoms with Crippen molar-refractivity contribution in [2.24, 2.45) is 0 Å². The van der Waals surface area contributed by atoms with E-state index in [0.29, 0.717) is 29.6 Å². The van der Waals surface area contributed by atoms with Gasteiger partial charge >= 0.3 is 0 Å². The van der Waals surface area contributed by atoms with Crippen molar-refractivity contribution in [3.8, 4) is 6.07 Å². The molecule has 2 aromatic carbocycles. The fraction of sp³-hybridized carbons (Fsp3) is 0.176. The molecular weight excluding hydrogens is 284 g/mol. The van der Waals surface area contributed by atoms with Crippen molar-refractivity contribution in [1.82, 2.24) is 9.55 Å². The van der Waals surface area contributed by atoms with Crippen LogP contribution in [0, 0.1) is 23.0 Å². The minimum absolute atomic E-state index is 0.449. The molecule has 0 bridgehead atoms. The Labute approximate surface area is 126 Å². The molecule has 22 heavy (non-hydrogen) atoms. The molecule has 5 heteroatoms. The van der Waals surface area contributed by atoms with Crippen molar-refractivity contribution >= 4 is 11.0 Å². The van der Waals surface area contributed by atoms with Crippen LogP contribution < -0.4 is 0 Å². The predicted molar refractivity (Wildman–Crippen MR) is 79.3 cm³/mol. The number of hydrogen-bond acceptors (Lipinski definition) is 2. The Kier molecular flexibility index (Phi) is 3.60. The first-order valence-electron chi connectivity index (χ1n) is 6.95. The Balaban J connectivity index is 2.08. The number of nitrogens with zero attached hydrogens (tertiary/aromatic N) is 3. The Morgan fingerprint density at radius 2 is 1.82 bits per heavy atom. The van der Waals surface area contributed by atoms with Crippen LogP contribution in [-0.4, -0.2) is 9.55 Å². The summed E-state index contributed by atoms with van der Waals surface area (Å²) in [5, 5.41) is 8.82. The average Bonchev–Trinajstić information content (AvgIpc) is 2.86. The second-order valence-electron chi connectivity index (χ2n) is 5.03. The van der Waals surface area contributed by atoms with Crippen molar-refractivity contribution in [3.05, 3.63) is 65.0 Å². The van der Waals surface area contributed by atoms with Crippen LogP contribution in [0.15, 0.2) is 36.4 Å². The predicted octanol–water partition coefficient (Wildman–Crippen LogP) is 3.80. The van der Waals surface area contributed by atoms with E-state index in [4.69, 9.17) is 5.26 Å². The summed E-state index contributed by atoms with van der Waals surface area (Å²) < 4.78 is 28.8. The Hall–Kier alpha value is -2.74. The number of rotatable bonds is 3. The highest BCUT2D eigenvalue weighted by molar-refractivity contribution is 5.76. The van der Waals surface area contributed by atoms with E-state index >= 15 is 0 Å². The summed E-state index contributed by atoms with van der Waals surface area (Å²) in [6, 6.07) is 11.5. The van der Waals surface area contributed by atoms with Crippen LogP contribution in [0.5, 0.6) is 0 Å². The van der Waals surface area contributed by atoms with Gasteiger partial charge in [0.05, 0.1) is 22.7 Å². The number of hydrogen-bond donors (Lipinski definition) is 0. The standard InChI is InChI=1S/C17H13F2N3/c1-2-17-21-15-7-13(18)14(19)8-16(15)22(17)10-12-5-3-11(9-20)4-6-12/h3-8H,2,10H2,1H3. The lowest BCUT2D eigenvalue weighted by Gasteiger charge is -2.08. The molecule has 0 saturated carbocycles. The third-order valence-electron chi connectivity index (χ3n) is 3.61. The zero-order valence-corrected chi connectivity index (χ0v) is 12.0. The molecule has 3 rings (SSSR count). The zero-order chi connectivity index (χ0) is 15.7. The first-order chi connectivity index (χ1) is 10.6. The summed E-state index contributed by atoms with van der Waals surface area (Å²) in [5.41, 5.74) is 2.57. The van der Waals surface area contributed by atoms with Gasteiger partial charge in [-0.25, -0.2) is 13.8 Å². The molecule has 0 aliphatic carbocycles. The lowest BCUT2D eigenvalue weighted by atomic mass is 10.1. The number of aryl methyl sites for hydroxylation is 1. The third kappa shape index (κ3) is 2.44. The van der Waals surface area contributed by atoms with Crippen LogP contribution in [0.25, 0.3) is 11.0 Å². The fourth-order valence-electron chi connectivity index (χ4n) is 2.48. The maximum atomic E-state index is 13.5. The van der Waals surface area contributed by atoms with Gasteiger partial charge in [0.1, 0.15) is 5.82 Å². The number of nitriles is 1. The van der Waals surface area contributed by atoms with Gasteiger partial charge in [0.25, 0.3) is 0 Å². The Morgan fingerprint density at radius 1 is 1.14 bits per heavy atom. The van der Waals surface area contributed by atoms with Gasteiger partial charge in [-0.15, -0.1) is 0 Å². The van der Waals surface area contributed by atoms with E-state index in [9.17, 15) is 8.78 Å². The normalized spacial score (nSPS) is 10.8. The molecule has 0 spiro atoms. The molecule has 3 nitrogen and oxygen atoms in total. The maximum absolute atomic E-state index is 13.5. The summed E-state index contributed by atoms with van der Waals surface area (Å²) in [5.74, 6) is -1.00. The summed E-state index contributed by atoms with van der Waals surface area (Å²) in [7, 11) is 0. The smallest absolute Gasteiger partial charge is 0.161 e. The van der Waals surface area contributed by atoms with E-state index in [-0.39, 0.29) is 0 Å². The Bertz CT molecular complexity index is 874. The fourth-order valence-corrected chi connectivity index (χ4v) is 2.48. The summed E-state index contributed by atoms with van der Waals surface area (Å²) >= 11 is 0. The van der Waals surface area contributed by atoms with Crippen molar-refractivity contribution in [3.63, 3.8) is 0 Å². The minimum atomic E-state index is -0.891. The van der Waals surface area contributed by atoms with Gasteiger partial charge in [0, 0.05) is 25.1 Å². The lowest BCUT2D eigenvalue weighted by Crippen LogP contribution is -2.04. The number of halogens is 2. The molecule has 0 fully saturated rings. The maximum Gasteiger partial charge on any atom is 0.161 e. The van der Waals surface area contributed by atoms with Crippen molar-refractivity contribution < 1.29 is 8.78 Å². The topological polar surface area (TPSA) is 41.6 Å². The molecule has 0 saturated heterocycles. The van der Waals surface area contributed by atoms with Crippen LogP contribution in [0.3, 0.4) is 0 Å². The van der Waals surface area contributed by atoms with Crippen LogP contribution in [0.1, 0.15) is 23.9 Å². The minimum Gasteiger partial charge on any atom is -0.323 e. The first-order valence-corrected chi connectivity index (χ1v) is 6.95. The highest BCUT2D eigenvalue weighted by atomic mass is 19.2. The van der Waals surface area contributed by atoms with Gasteiger partial charge in [-0.05, 0) is 17.7 Å². The van der Waals surface area contributed by atoms with E-state index in [1.807, 2.05) is 23.6 Å². The molecule has 1 aromatic heterocycles. The second-order valence-corrected chi connectivity index (χ2v) is 5.03. The van der Waals surface area contributed by atoms with E-state index in [1.54, 1.807) is 12.1 Å². The van der Waals surface area contributed by atoms with Gasteiger partial charge in [-0.1, -0.05) is 19.1 Å². The molecule has 110 valence electrons. The molecule has 0 aliphatic rings. The van der Waals surface area contributed by atoms with Crippen LogP contribution in [0.4, 0.5) is 8.78 Å². The molecular formula is C17H13F2N3. The molecule has 0 atom stereocenters. The molecule has 0 amide bonds. The molecule has 3 aromatic rings. The van der Waals surface area contributed by atoms with E-state index in [2.05, 4.69) is 11.1 Å². The molecule has 0 unspecified atom stereocenters. The lowest BCUT2D eigenvalue weighted by molar-refractivity contribution is 0.510. The zero-order valence-electron chi connectivity index (χ0n) is 12.0. The summed E-state index contributed by atoms with van der Waals surface area (Å²) in [6.45, 7) is 2.44. The number of benzene rings is 2. The molecule has 0 N–H and O–H groups in total. The van der Waals surface area contributed by atoms with Gasteiger partial charge in [0.15, 0.2) is 11.6 Å². The molecule has 0 radical (unpaired) electrons. The average molecular weight is 297 g/mol. The number of imidazole rings is 1. The highest BCUT2D eigenvalue weighted by Crippen LogP contribution is 2.22. The molecule has 1 heterocycles. The van der Waals surface area contributed by atoms with Crippen molar-refractivity contribution in [2.45, 2.75) is 19.9 Å². The van der Waals surface area contributed by atoms with E-state index < -0.39 is 11.6 Å². The Morgan fingerprint density at radius 3 is 2.45 bits per heavy atom. The van der Waals surface area contributed by atoms with Crippen molar-refractivity contribution in [2.75, 3.05) is 0 Å². The van der Waals surface area contributed by atoms with Crippen LogP contribution >= 0.6 is 0 Å². The quantitative estimate of drug-likeness (QED) is 0.738. The van der Waals surface area contributed by atoms with E-state index in [1.165, 1.54) is 6.07 Å². The largest absolute Gasteiger partial charge is 0.323 e. The monoisotopic (exact) mass is 297 g/mol. The number of fused-ring (bicyclic) bond motifs is 1. The SMILES string of the molecule is CCc1nc2cc(F)c(F)cc2n1Cc1ccc(C#N)cc1. The van der Waals surface area contributed by atoms with Crippen molar-refractivity contribution in [1.29, 1.82) is 5.26 Å². The van der Waals surface area contributed by atoms with Gasteiger partial charge in [-0.2, -0.15) is 5.26 Å². The van der Waals surface area contributed by atoms with E-state index in [0.717, 1.165) is 17.5 Å². The second kappa shape index (κ2) is 5.57. The number of aromatic nitrogens is 2. The van der Waals surface area contributed by atoms with Crippen LogP contribution in [0.2, 0.25) is 0 Å². The summed E-state index contributed by atoms with van der Waals surface area (Å²) in [6.07, 6.45) is 0.661. The molecule has 0 aliphatic heterocycles. The van der Waals surface area contributed by atoms with Gasteiger partial charge < -0.3 is 4.57 Å².